The van der Waals surface area contributed by atoms with E-state index in [1.807, 2.05) is 13.8 Å². The molecule has 0 amide bonds. The summed E-state index contributed by atoms with van der Waals surface area (Å²) in [6.07, 6.45) is 4.67. The van der Waals surface area contributed by atoms with Gasteiger partial charge in [-0.15, -0.1) is 0 Å². The molecule has 2 aliphatic rings. The Balaban J connectivity index is 1.52. The van der Waals surface area contributed by atoms with Gasteiger partial charge in [0.05, 0.1) is 11.8 Å². The maximum absolute atomic E-state index is 11.5. The monoisotopic (exact) mass is 430 g/mol. The third kappa shape index (κ3) is 4.41. The molecule has 160 valence electrons. The molecule has 8 nitrogen and oxygen atoms in total. The molecule has 4 rings (SSSR count). The Morgan fingerprint density at radius 3 is 2.47 bits per heavy atom. The Kier molecular flexibility index (Phi) is 5.43. The fourth-order valence-corrected chi connectivity index (χ4v) is 4.96. The van der Waals surface area contributed by atoms with E-state index in [1.165, 1.54) is 18.6 Å². The van der Waals surface area contributed by atoms with Crippen LogP contribution in [0.3, 0.4) is 0 Å². The van der Waals surface area contributed by atoms with Gasteiger partial charge >= 0.3 is 7.60 Å². The van der Waals surface area contributed by atoms with Gasteiger partial charge in [-0.25, -0.2) is 9.98 Å². The van der Waals surface area contributed by atoms with Gasteiger partial charge in [-0.2, -0.15) is 4.98 Å². The minimum absolute atomic E-state index is 0.136. The maximum Gasteiger partial charge on any atom is 0.325 e. The second-order valence-electron chi connectivity index (χ2n) is 8.49. The lowest BCUT2D eigenvalue weighted by molar-refractivity contribution is 0.130. The number of hydrogen-bond donors (Lipinski definition) is 2. The average Bonchev–Trinajstić information content (AvgIpc) is 2.67. The number of nitrogens with zero attached hydrogens (tertiary/aromatic N) is 3. The highest BCUT2D eigenvalue weighted by Gasteiger charge is 2.35. The second-order valence-corrected chi connectivity index (χ2v) is 10.3. The number of nitrogens with two attached hydrogens (primary N) is 1. The van der Waals surface area contributed by atoms with Crippen molar-refractivity contribution in [3.05, 3.63) is 41.7 Å². The van der Waals surface area contributed by atoms with Gasteiger partial charge in [-0.3, -0.25) is 4.57 Å². The lowest BCUT2D eigenvalue weighted by Gasteiger charge is -2.32. The summed E-state index contributed by atoms with van der Waals surface area (Å²) in [4.78, 5) is 22.3. The number of anilines is 1. The van der Waals surface area contributed by atoms with Crippen molar-refractivity contribution in [2.45, 2.75) is 57.2 Å². The Bertz CT molecular complexity index is 1010. The van der Waals surface area contributed by atoms with Crippen LogP contribution in [0.25, 0.3) is 0 Å². The minimum atomic E-state index is -3.43. The lowest BCUT2D eigenvalue weighted by atomic mass is 9.82. The van der Waals surface area contributed by atoms with Crippen molar-refractivity contribution in [1.29, 1.82) is 0 Å². The van der Waals surface area contributed by atoms with E-state index in [4.69, 9.17) is 20.0 Å². The Morgan fingerprint density at radius 1 is 1.17 bits per heavy atom. The zero-order valence-corrected chi connectivity index (χ0v) is 18.3. The first-order valence-electron chi connectivity index (χ1n) is 10.1. The van der Waals surface area contributed by atoms with Gasteiger partial charge < -0.3 is 19.9 Å². The van der Waals surface area contributed by atoms with E-state index in [9.17, 15) is 9.46 Å². The third-order valence-corrected chi connectivity index (χ3v) is 6.33. The normalized spacial score (nSPS) is 24.9. The molecule has 1 aliphatic carbocycles. The molecule has 0 radical (unpaired) electrons. The van der Waals surface area contributed by atoms with Crippen molar-refractivity contribution in [2.75, 3.05) is 12.4 Å². The van der Waals surface area contributed by atoms with E-state index in [2.05, 4.69) is 34.2 Å². The van der Waals surface area contributed by atoms with E-state index in [1.54, 1.807) is 0 Å². The van der Waals surface area contributed by atoms with E-state index < -0.39 is 13.2 Å². The summed E-state index contributed by atoms with van der Waals surface area (Å²) in [5.74, 6) is 1.10. The summed E-state index contributed by atoms with van der Waals surface area (Å²) < 4.78 is 22.8. The molecule has 2 aromatic rings. The lowest BCUT2D eigenvalue weighted by Crippen LogP contribution is -2.41. The highest BCUT2D eigenvalue weighted by Crippen LogP contribution is 2.44. The highest BCUT2D eigenvalue weighted by molar-refractivity contribution is 7.51. The Morgan fingerprint density at radius 2 is 1.83 bits per heavy atom. The van der Waals surface area contributed by atoms with Crippen LogP contribution in [0.2, 0.25) is 0 Å². The molecular formula is C21H27N4O4P. The van der Waals surface area contributed by atoms with E-state index >= 15 is 0 Å². The molecule has 1 unspecified atom stereocenters. The summed E-state index contributed by atoms with van der Waals surface area (Å²) in [6.45, 7) is 5.15. The molecule has 1 atom stereocenters. The number of nitrogen functional groups attached to an aromatic ring is 1. The quantitative estimate of drug-likeness (QED) is 0.697. The van der Waals surface area contributed by atoms with Crippen LogP contribution in [-0.2, 0) is 9.09 Å². The molecule has 1 aliphatic heterocycles. The van der Waals surface area contributed by atoms with Gasteiger partial charge in [-0.1, -0.05) is 24.3 Å². The zero-order chi connectivity index (χ0) is 21.5. The molecular weight excluding hydrogens is 403 g/mol. The molecule has 9 heteroatoms. The summed E-state index contributed by atoms with van der Waals surface area (Å²) in [5, 5.41) is 0. The average molecular weight is 430 g/mol. The summed E-state index contributed by atoms with van der Waals surface area (Å²) >= 11 is 0. The molecule has 0 saturated heterocycles. The van der Waals surface area contributed by atoms with Crippen molar-refractivity contribution >= 4 is 24.8 Å². The van der Waals surface area contributed by atoms with E-state index in [0.29, 0.717) is 23.3 Å². The van der Waals surface area contributed by atoms with Crippen LogP contribution in [0.4, 0.5) is 11.5 Å². The molecule has 1 fully saturated rings. The second kappa shape index (κ2) is 7.76. The first kappa shape index (κ1) is 21.0. The van der Waals surface area contributed by atoms with Crippen LogP contribution in [0.1, 0.15) is 56.6 Å². The third-order valence-electron chi connectivity index (χ3n) is 5.64. The largest absolute Gasteiger partial charge is 0.463 e. The minimum Gasteiger partial charge on any atom is -0.463 e. The number of fused-ring (bicyclic) bond motifs is 1. The van der Waals surface area contributed by atoms with Gasteiger partial charge in [0.2, 0.25) is 5.88 Å². The van der Waals surface area contributed by atoms with Gasteiger partial charge in [0.25, 0.3) is 0 Å². The highest BCUT2D eigenvalue weighted by atomic mass is 31.2. The molecule has 0 bridgehead atoms. The number of aliphatic imine (C=N–C) groups is 1. The van der Waals surface area contributed by atoms with Crippen LogP contribution in [0, 0.1) is 0 Å². The smallest absolute Gasteiger partial charge is 0.325 e. The van der Waals surface area contributed by atoms with Crippen molar-refractivity contribution in [2.24, 2.45) is 4.99 Å². The van der Waals surface area contributed by atoms with Crippen molar-refractivity contribution < 1.29 is 18.7 Å². The standard InChI is InChI=1S/C21H27N4O4P/c1-21(2)18(25-17-19(22)23-12-24-20(17)28-21)15-6-4-13(5-7-15)14-8-10-16(11-9-14)29-30(3,26)27/h4-7,12,14,16H,8-11H2,1-3H3,(H,26,27)(H2,22,23,24)/t14-,16-. The van der Waals surface area contributed by atoms with Crippen LogP contribution >= 0.6 is 7.60 Å². The summed E-state index contributed by atoms with van der Waals surface area (Å²) in [5.41, 5.74) is 8.76. The fourth-order valence-electron chi connectivity index (χ4n) is 4.20. The van der Waals surface area contributed by atoms with Crippen LogP contribution in [-0.4, -0.2) is 38.9 Å². The van der Waals surface area contributed by atoms with Crippen molar-refractivity contribution in [1.82, 2.24) is 9.97 Å². The van der Waals surface area contributed by atoms with Gasteiger partial charge in [0.1, 0.15) is 11.9 Å². The number of ether oxygens (including phenoxy) is 1. The van der Waals surface area contributed by atoms with Gasteiger partial charge in [-0.05, 0) is 51.0 Å². The topological polar surface area (TPSA) is 120 Å². The summed E-state index contributed by atoms with van der Waals surface area (Å²) in [6, 6.07) is 8.36. The van der Waals surface area contributed by atoms with Crippen LogP contribution in [0.15, 0.2) is 35.6 Å². The number of aromatic nitrogens is 2. The molecule has 3 N–H and O–H groups in total. The first-order valence-corrected chi connectivity index (χ1v) is 12.1. The number of hydrogen-bond acceptors (Lipinski definition) is 7. The van der Waals surface area contributed by atoms with E-state index in [0.717, 1.165) is 37.0 Å². The molecule has 2 heterocycles. The summed E-state index contributed by atoms with van der Waals surface area (Å²) in [7, 11) is -3.43. The molecule has 1 aromatic carbocycles. The van der Waals surface area contributed by atoms with Gasteiger partial charge in [0, 0.05) is 12.2 Å². The van der Waals surface area contributed by atoms with Crippen LogP contribution < -0.4 is 10.5 Å². The Hall–Kier alpha value is -2.28. The maximum atomic E-state index is 11.5. The Labute approximate surface area is 176 Å². The molecule has 30 heavy (non-hydrogen) atoms. The van der Waals surface area contributed by atoms with Crippen molar-refractivity contribution in [3.8, 4) is 5.88 Å². The van der Waals surface area contributed by atoms with Gasteiger partial charge in [0.15, 0.2) is 11.5 Å². The van der Waals surface area contributed by atoms with Crippen LogP contribution in [0.5, 0.6) is 5.88 Å². The molecule has 0 spiro atoms. The number of benzene rings is 1. The predicted octanol–water partition coefficient (Wildman–Crippen LogP) is 4.21. The number of rotatable bonds is 4. The molecule has 1 saturated carbocycles. The molecule has 1 aromatic heterocycles. The SMILES string of the molecule is CC1(C)Oc2ncnc(N)c2N=C1c1ccc([C@H]2CC[C@H](OP(C)(=O)O)CC2)cc1. The van der Waals surface area contributed by atoms with E-state index in [-0.39, 0.29) is 6.10 Å². The fraction of sp³-hybridized carbons (Fsp3) is 0.476. The van der Waals surface area contributed by atoms with Crippen molar-refractivity contribution in [3.63, 3.8) is 0 Å². The first-order chi connectivity index (χ1) is 14.1. The zero-order valence-electron chi connectivity index (χ0n) is 17.4. The predicted molar refractivity (Wildman–Crippen MR) is 116 cm³/mol.